The van der Waals surface area contributed by atoms with E-state index in [1.54, 1.807) is 12.1 Å². The van der Waals surface area contributed by atoms with Crippen molar-refractivity contribution < 1.29 is 26.0 Å². The quantitative estimate of drug-likeness (QED) is 0.355. The molecule has 0 radical (unpaired) electrons. The lowest BCUT2D eigenvalue weighted by Crippen LogP contribution is -2.67. The predicted molar refractivity (Wildman–Crippen MR) is 152 cm³/mol. The van der Waals surface area contributed by atoms with Crippen molar-refractivity contribution in [3.8, 4) is 0 Å². The molecule has 5 rings (SSSR count). The molecule has 0 saturated carbocycles. The van der Waals surface area contributed by atoms with E-state index in [9.17, 15) is 21.6 Å². The number of hydrogen-bond donors (Lipinski definition) is 1. The van der Waals surface area contributed by atoms with Crippen molar-refractivity contribution in [2.24, 2.45) is 0 Å². The Labute approximate surface area is 243 Å². The minimum Gasteiger partial charge on any atom is -0.370 e. The summed E-state index contributed by atoms with van der Waals surface area (Å²) in [4.78, 5) is 13.7. The molecule has 2 saturated heterocycles. The number of halogens is 4. The predicted octanol–water partition coefficient (Wildman–Crippen LogP) is 4.65. The van der Waals surface area contributed by atoms with Gasteiger partial charge in [0.2, 0.25) is 0 Å². The Morgan fingerprint density at radius 3 is 2.60 bits per heavy atom. The Balaban J connectivity index is 1.38. The van der Waals surface area contributed by atoms with Crippen molar-refractivity contribution >= 4 is 21.5 Å². The van der Waals surface area contributed by atoms with Crippen molar-refractivity contribution in [2.45, 2.75) is 48.3 Å². The van der Waals surface area contributed by atoms with E-state index in [2.05, 4.69) is 31.5 Å². The van der Waals surface area contributed by atoms with Crippen LogP contribution in [0.2, 0.25) is 0 Å². The second-order valence-corrected chi connectivity index (χ2v) is 12.9. The Morgan fingerprint density at radius 1 is 1.14 bits per heavy atom. The van der Waals surface area contributed by atoms with Crippen molar-refractivity contribution in [1.29, 1.82) is 0 Å². The summed E-state index contributed by atoms with van der Waals surface area (Å²) in [5.41, 5.74) is 0.148. The summed E-state index contributed by atoms with van der Waals surface area (Å²) in [6.07, 6.45) is 0.883. The zero-order valence-corrected chi connectivity index (χ0v) is 24.3. The third kappa shape index (κ3) is 6.52. The molecule has 0 bridgehead atoms. The lowest BCUT2D eigenvalue weighted by molar-refractivity contribution is -0.137. The molecule has 1 aromatic heterocycles. The average Bonchev–Trinajstić information content (AvgIpc) is 2.94. The first-order valence-electron chi connectivity index (χ1n) is 13.8. The molecule has 42 heavy (non-hydrogen) atoms. The molecule has 3 aromatic rings. The number of nitrogens with one attached hydrogen (secondary N) is 1. The number of alkyl halides is 3. The average molecular weight is 607 g/mol. The molecule has 13 heteroatoms. The molecule has 2 aliphatic heterocycles. The van der Waals surface area contributed by atoms with E-state index >= 15 is 4.39 Å². The van der Waals surface area contributed by atoms with Gasteiger partial charge in [0.25, 0.3) is 10.0 Å². The number of likely N-dealkylation sites (N-methyl/N-ethyl adjacent to an activating group) is 2. The maximum atomic E-state index is 15.3. The summed E-state index contributed by atoms with van der Waals surface area (Å²) in [7, 11) is -0.102. The summed E-state index contributed by atoms with van der Waals surface area (Å²) in [6, 6.07) is 11.2. The maximum absolute atomic E-state index is 15.3. The molecule has 0 unspecified atom stereocenters. The van der Waals surface area contributed by atoms with Gasteiger partial charge in [0.05, 0.1) is 5.56 Å². The topological polar surface area (TPSA) is 81.7 Å². The highest BCUT2D eigenvalue weighted by atomic mass is 32.2. The molecule has 0 aliphatic carbocycles. The standard InChI is InChI=1S/C29H34F4N6O2S/c1-37-17-24(18-37)38(2)28(12-9-21-5-3-6-22(15-21)29(31,32)33)11-4-14-39(19-28)23-7-8-26(25(30)16-23)42(40,41)36-27-10-13-34-20-35-27/h3,5-8,10,13,15-16,20,24H,4,9,11-12,14,17-19H2,1-2H3,(H,34,35,36)/t28-/m1/s1. The van der Waals surface area contributed by atoms with Crippen LogP contribution in [-0.4, -0.2) is 80.0 Å². The number of rotatable bonds is 9. The summed E-state index contributed by atoms with van der Waals surface area (Å²) in [6.45, 7) is 2.96. The molecule has 2 aromatic carbocycles. The van der Waals surface area contributed by atoms with Crippen molar-refractivity contribution in [3.63, 3.8) is 0 Å². The summed E-state index contributed by atoms with van der Waals surface area (Å²) in [5, 5.41) is 0. The Kier molecular flexibility index (Phi) is 8.46. The summed E-state index contributed by atoms with van der Waals surface area (Å²) < 4.78 is 83.3. The fourth-order valence-electron chi connectivity index (χ4n) is 6.03. The number of sulfonamides is 1. The van der Waals surface area contributed by atoms with Crippen LogP contribution in [-0.2, 0) is 22.6 Å². The van der Waals surface area contributed by atoms with E-state index in [-0.39, 0.29) is 11.4 Å². The van der Waals surface area contributed by atoms with Crippen LogP contribution < -0.4 is 9.62 Å². The normalized spacial score (nSPS) is 20.5. The van der Waals surface area contributed by atoms with Crippen molar-refractivity contribution in [2.75, 3.05) is 49.9 Å². The lowest BCUT2D eigenvalue weighted by Gasteiger charge is -2.55. The van der Waals surface area contributed by atoms with Gasteiger partial charge in [0.15, 0.2) is 0 Å². The Morgan fingerprint density at radius 2 is 1.93 bits per heavy atom. The van der Waals surface area contributed by atoms with Gasteiger partial charge in [-0.1, -0.05) is 18.2 Å². The van der Waals surface area contributed by atoms with E-state index in [1.807, 2.05) is 11.9 Å². The smallest absolute Gasteiger partial charge is 0.370 e. The molecule has 2 aliphatic rings. The highest BCUT2D eigenvalue weighted by Gasteiger charge is 2.44. The van der Waals surface area contributed by atoms with E-state index in [0.717, 1.165) is 32.0 Å². The molecule has 1 N–H and O–H groups in total. The van der Waals surface area contributed by atoms with Gasteiger partial charge in [-0.3, -0.25) is 9.62 Å². The monoisotopic (exact) mass is 606 g/mol. The van der Waals surface area contributed by atoms with Crippen molar-refractivity contribution in [1.82, 2.24) is 19.8 Å². The third-order valence-electron chi connectivity index (χ3n) is 8.42. The van der Waals surface area contributed by atoms with Crippen LogP contribution in [0.1, 0.15) is 30.4 Å². The number of nitrogens with zero attached hydrogens (tertiary/aromatic N) is 5. The molecular formula is C29H34F4N6O2S. The highest BCUT2D eigenvalue weighted by Crippen LogP contribution is 2.38. The number of aromatic nitrogens is 2. The second kappa shape index (κ2) is 11.8. The zero-order chi connectivity index (χ0) is 30.1. The van der Waals surface area contributed by atoms with E-state index in [4.69, 9.17) is 0 Å². The minimum atomic E-state index is -4.41. The maximum Gasteiger partial charge on any atom is 0.416 e. The fraction of sp³-hybridized carbons (Fsp3) is 0.448. The van der Waals surface area contributed by atoms with Gasteiger partial charge in [-0.2, -0.15) is 13.2 Å². The number of benzene rings is 2. The number of likely N-dealkylation sites (tertiary alicyclic amines) is 1. The second-order valence-electron chi connectivity index (χ2n) is 11.2. The molecule has 1 atom stereocenters. The fourth-order valence-corrected chi connectivity index (χ4v) is 7.10. The molecule has 8 nitrogen and oxygen atoms in total. The van der Waals surface area contributed by atoms with Gasteiger partial charge < -0.3 is 9.80 Å². The molecule has 0 spiro atoms. The van der Waals surface area contributed by atoms with E-state index < -0.39 is 32.5 Å². The van der Waals surface area contributed by atoms with Gasteiger partial charge in [-0.15, -0.1) is 0 Å². The summed E-state index contributed by atoms with van der Waals surface area (Å²) >= 11 is 0. The number of hydrogen-bond acceptors (Lipinski definition) is 7. The van der Waals surface area contributed by atoms with E-state index in [1.165, 1.54) is 42.9 Å². The van der Waals surface area contributed by atoms with Crippen LogP contribution in [0.4, 0.5) is 29.1 Å². The van der Waals surface area contributed by atoms with Gasteiger partial charge in [0, 0.05) is 49.6 Å². The molecule has 226 valence electrons. The first kappa shape index (κ1) is 30.2. The van der Waals surface area contributed by atoms with Crippen LogP contribution in [0.5, 0.6) is 0 Å². The van der Waals surface area contributed by atoms with Gasteiger partial charge in [-0.25, -0.2) is 22.8 Å². The lowest BCUT2D eigenvalue weighted by atomic mass is 9.80. The van der Waals surface area contributed by atoms with Gasteiger partial charge in [0.1, 0.15) is 22.9 Å². The number of anilines is 2. The van der Waals surface area contributed by atoms with Crippen LogP contribution in [0.15, 0.2) is 66.0 Å². The van der Waals surface area contributed by atoms with Crippen molar-refractivity contribution in [3.05, 3.63) is 78.0 Å². The van der Waals surface area contributed by atoms with Crippen LogP contribution >= 0.6 is 0 Å². The summed E-state index contributed by atoms with van der Waals surface area (Å²) in [5.74, 6) is -0.858. The Hall–Kier alpha value is -3.29. The minimum absolute atomic E-state index is 0.0275. The number of piperidine rings is 1. The highest BCUT2D eigenvalue weighted by molar-refractivity contribution is 7.92. The molecule has 0 amide bonds. The first-order valence-corrected chi connectivity index (χ1v) is 15.3. The van der Waals surface area contributed by atoms with Crippen LogP contribution in [0.3, 0.4) is 0 Å². The molecule has 2 fully saturated rings. The Bertz CT molecular complexity index is 1500. The number of aryl methyl sites for hydroxylation is 1. The van der Waals surface area contributed by atoms with E-state index in [0.29, 0.717) is 43.2 Å². The van der Waals surface area contributed by atoms with Gasteiger partial charge in [-0.05, 0) is 75.7 Å². The zero-order valence-electron chi connectivity index (χ0n) is 23.5. The largest absolute Gasteiger partial charge is 0.416 e. The third-order valence-corrected chi connectivity index (χ3v) is 9.81. The van der Waals surface area contributed by atoms with Crippen LogP contribution in [0, 0.1) is 5.82 Å². The molecule has 3 heterocycles. The van der Waals surface area contributed by atoms with Gasteiger partial charge >= 0.3 is 6.18 Å². The molecular weight excluding hydrogens is 572 g/mol. The van der Waals surface area contributed by atoms with Crippen LogP contribution in [0.25, 0.3) is 0 Å². The SMILES string of the molecule is CN1CC(N(C)[C@@]2(CCc3cccc(C(F)(F)F)c3)CCCN(c3ccc(S(=O)(=O)Nc4ccncn4)c(F)c3)C2)C1. The first-order chi connectivity index (χ1) is 19.9.